The van der Waals surface area contributed by atoms with E-state index in [9.17, 15) is 0 Å². The highest BCUT2D eigenvalue weighted by molar-refractivity contribution is 5.27. The highest BCUT2D eigenvalue weighted by Gasteiger charge is 2.17. The predicted molar refractivity (Wildman–Crippen MR) is 132 cm³/mol. The van der Waals surface area contributed by atoms with Crippen LogP contribution in [-0.4, -0.2) is 37.7 Å². The van der Waals surface area contributed by atoms with Crippen LogP contribution in [0.3, 0.4) is 0 Å². The Morgan fingerprint density at radius 2 is 1.48 bits per heavy atom. The lowest BCUT2D eigenvalue weighted by Gasteiger charge is -2.31. The van der Waals surface area contributed by atoms with Gasteiger partial charge in [0.1, 0.15) is 5.75 Å². The van der Waals surface area contributed by atoms with E-state index in [0.717, 1.165) is 37.8 Å². The van der Waals surface area contributed by atoms with Crippen molar-refractivity contribution < 1.29 is 4.74 Å². The van der Waals surface area contributed by atoms with Gasteiger partial charge in [0.25, 0.3) is 0 Å². The fourth-order valence-electron chi connectivity index (χ4n) is 3.30. The molecule has 2 rings (SSSR count). The molecule has 1 saturated heterocycles. The molecule has 1 aromatic rings. The van der Waals surface area contributed by atoms with Crippen LogP contribution in [0.15, 0.2) is 24.3 Å². The molecule has 1 heterocycles. The Morgan fingerprint density at radius 3 is 2.00 bits per heavy atom. The first-order valence-corrected chi connectivity index (χ1v) is 12.5. The number of ether oxygens (including phenoxy) is 1. The largest absolute Gasteiger partial charge is 0.494 e. The molecule has 0 saturated carbocycles. The minimum Gasteiger partial charge on any atom is -0.494 e. The molecule has 29 heavy (non-hydrogen) atoms. The van der Waals surface area contributed by atoms with Crippen LogP contribution in [0.2, 0.25) is 0 Å². The molecule has 0 aliphatic carbocycles. The van der Waals surface area contributed by atoms with Gasteiger partial charge in [-0.25, -0.2) is 0 Å². The molecule has 0 atom stereocenters. The van der Waals surface area contributed by atoms with Crippen LogP contribution < -0.4 is 10.1 Å². The summed E-state index contributed by atoms with van der Waals surface area (Å²) < 4.78 is 5.61. The number of piperidine rings is 1. The van der Waals surface area contributed by atoms with Crippen molar-refractivity contribution in [1.82, 2.24) is 10.2 Å². The molecule has 0 unspecified atom stereocenters. The molecule has 3 nitrogen and oxygen atoms in total. The van der Waals surface area contributed by atoms with Crippen LogP contribution in [0.5, 0.6) is 5.75 Å². The lowest BCUT2D eigenvalue weighted by Crippen LogP contribution is -2.38. The van der Waals surface area contributed by atoms with E-state index in [1.165, 1.54) is 50.9 Å². The van der Waals surface area contributed by atoms with Crippen LogP contribution in [0.4, 0.5) is 0 Å². The molecule has 0 radical (unpaired) electrons. The van der Waals surface area contributed by atoms with Crippen LogP contribution in [0.25, 0.3) is 0 Å². The molecule has 1 aromatic carbocycles. The Kier molecular flexibility index (Phi) is 24.1. The van der Waals surface area contributed by atoms with Crippen molar-refractivity contribution >= 4 is 0 Å². The number of benzene rings is 1. The topological polar surface area (TPSA) is 24.5 Å². The number of rotatable bonds is 10. The van der Waals surface area contributed by atoms with Crippen molar-refractivity contribution in [3.05, 3.63) is 29.8 Å². The SMILES string of the molecule is CC.CC.CC.CCCOc1ccc(CNCCN2CCC(CCC)CC2)cc1. The molecule has 1 fully saturated rings. The first-order valence-electron chi connectivity index (χ1n) is 12.5. The van der Waals surface area contributed by atoms with Gasteiger partial charge in [0.2, 0.25) is 0 Å². The van der Waals surface area contributed by atoms with Crippen molar-refractivity contribution in [3.8, 4) is 5.75 Å². The van der Waals surface area contributed by atoms with Crippen LogP contribution in [0, 0.1) is 5.92 Å². The molecule has 0 aromatic heterocycles. The number of nitrogens with zero attached hydrogens (tertiary/aromatic N) is 1. The maximum Gasteiger partial charge on any atom is 0.119 e. The molecule has 0 bridgehead atoms. The molecule has 1 N–H and O–H groups in total. The summed E-state index contributed by atoms with van der Waals surface area (Å²) in [5.41, 5.74) is 1.33. The lowest BCUT2D eigenvalue weighted by molar-refractivity contribution is 0.179. The zero-order valence-electron chi connectivity index (χ0n) is 21.0. The van der Waals surface area contributed by atoms with Crippen molar-refractivity contribution in [2.24, 2.45) is 5.92 Å². The van der Waals surface area contributed by atoms with Gasteiger partial charge in [0, 0.05) is 19.6 Å². The third kappa shape index (κ3) is 15.4. The van der Waals surface area contributed by atoms with Gasteiger partial charge < -0.3 is 15.0 Å². The second-order valence-electron chi connectivity index (χ2n) is 6.74. The third-order valence-electron chi connectivity index (χ3n) is 4.73. The van der Waals surface area contributed by atoms with Gasteiger partial charge in [0.15, 0.2) is 0 Å². The highest BCUT2D eigenvalue weighted by atomic mass is 16.5. The van der Waals surface area contributed by atoms with Crippen molar-refractivity contribution in [2.45, 2.75) is 94.0 Å². The maximum absolute atomic E-state index is 5.61. The minimum absolute atomic E-state index is 0.798. The summed E-state index contributed by atoms with van der Waals surface area (Å²) in [4.78, 5) is 2.61. The van der Waals surface area contributed by atoms with Crippen molar-refractivity contribution in [3.63, 3.8) is 0 Å². The Morgan fingerprint density at radius 1 is 0.897 bits per heavy atom. The van der Waals surface area contributed by atoms with E-state index >= 15 is 0 Å². The molecule has 1 aliphatic rings. The average molecular weight is 409 g/mol. The first kappa shape index (κ1) is 30.1. The second kappa shape index (κ2) is 23.2. The minimum atomic E-state index is 0.798. The van der Waals surface area contributed by atoms with E-state index in [1.807, 2.05) is 41.5 Å². The quantitative estimate of drug-likeness (QED) is 0.416. The summed E-state index contributed by atoms with van der Waals surface area (Å²) in [6.07, 6.45) is 6.61. The van der Waals surface area contributed by atoms with Gasteiger partial charge >= 0.3 is 0 Å². The van der Waals surface area contributed by atoms with Gasteiger partial charge in [-0.3, -0.25) is 0 Å². The zero-order valence-corrected chi connectivity index (χ0v) is 21.0. The summed E-state index contributed by atoms with van der Waals surface area (Å²) in [5, 5.41) is 3.57. The summed E-state index contributed by atoms with van der Waals surface area (Å²) in [6.45, 7) is 23.0. The van der Waals surface area contributed by atoms with Gasteiger partial charge in [0.05, 0.1) is 6.61 Å². The van der Waals surface area contributed by atoms with Crippen LogP contribution in [-0.2, 0) is 6.54 Å². The average Bonchev–Trinajstić information content (AvgIpc) is 2.81. The summed E-state index contributed by atoms with van der Waals surface area (Å²) >= 11 is 0. The van der Waals surface area contributed by atoms with Gasteiger partial charge in [-0.2, -0.15) is 0 Å². The standard InChI is InChI=1S/C20H34N2O.3C2H6/c1-3-5-18-10-13-22(14-11-18)15-12-21-17-19-6-8-20(9-7-19)23-16-4-2;3*1-2/h6-9,18,21H,3-5,10-17H2,1-2H3;3*1-2H3. The fraction of sp³-hybridized carbons (Fsp3) is 0.769. The van der Waals surface area contributed by atoms with Crippen molar-refractivity contribution in [1.29, 1.82) is 0 Å². The van der Waals surface area contributed by atoms with Crippen LogP contribution >= 0.6 is 0 Å². The van der Waals surface area contributed by atoms with E-state index in [2.05, 4.69) is 48.3 Å². The summed E-state index contributed by atoms with van der Waals surface area (Å²) in [7, 11) is 0. The zero-order chi connectivity index (χ0) is 22.3. The van der Waals surface area contributed by atoms with E-state index in [0.29, 0.717) is 0 Å². The van der Waals surface area contributed by atoms with Gasteiger partial charge in [-0.15, -0.1) is 0 Å². The van der Waals surface area contributed by atoms with Crippen LogP contribution in [0.1, 0.15) is 93.1 Å². The van der Waals surface area contributed by atoms with Crippen molar-refractivity contribution in [2.75, 3.05) is 32.8 Å². The number of hydrogen-bond donors (Lipinski definition) is 1. The number of nitrogens with one attached hydrogen (secondary N) is 1. The fourth-order valence-corrected chi connectivity index (χ4v) is 3.30. The van der Waals surface area contributed by atoms with E-state index in [4.69, 9.17) is 4.74 Å². The lowest BCUT2D eigenvalue weighted by atomic mass is 9.92. The highest BCUT2D eigenvalue weighted by Crippen LogP contribution is 2.21. The molecule has 1 aliphatic heterocycles. The Bertz CT molecular complexity index is 411. The predicted octanol–water partition coefficient (Wildman–Crippen LogP) is 7.16. The number of likely N-dealkylation sites (tertiary alicyclic amines) is 1. The van der Waals surface area contributed by atoms with E-state index < -0.39 is 0 Å². The van der Waals surface area contributed by atoms with Gasteiger partial charge in [-0.05, 0) is 56.0 Å². The smallest absolute Gasteiger partial charge is 0.119 e. The normalized spacial score (nSPS) is 13.8. The monoisotopic (exact) mass is 408 g/mol. The summed E-state index contributed by atoms with van der Waals surface area (Å²) in [5.74, 6) is 1.96. The maximum atomic E-state index is 5.61. The molecular weight excluding hydrogens is 356 g/mol. The molecular formula is C26H52N2O. The second-order valence-corrected chi connectivity index (χ2v) is 6.74. The van der Waals surface area contributed by atoms with E-state index in [-0.39, 0.29) is 0 Å². The molecule has 0 amide bonds. The molecule has 0 spiro atoms. The molecule has 172 valence electrons. The third-order valence-corrected chi connectivity index (χ3v) is 4.73. The molecule has 3 heteroatoms. The Hall–Kier alpha value is -1.06. The summed E-state index contributed by atoms with van der Waals surface area (Å²) in [6, 6.07) is 8.47. The van der Waals surface area contributed by atoms with E-state index in [1.54, 1.807) is 0 Å². The number of hydrogen-bond acceptors (Lipinski definition) is 3. The first-order chi connectivity index (χ1) is 14.3. The Balaban J connectivity index is 0. The Labute approximate surface area is 183 Å². The van der Waals surface area contributed by atoms with Gasteiger partial charge in [-0.1, -0.05) is 80.4 Å².